The second-order valence-electron chi connectivity index (χ2n) is 12.6. The fourth-order valence-electron chi connectivity index (χ4n) is 3.78. The summed E-state index contributed by atoms with van der Waals surface area (Å²) in [6.45, 7) is -2.88. The van der Waals surface area contributed by atoms with Crippen molar-refractivity contribution in [3.63, 3.8) is 0 Å². The number of alkyl halides is 8. The molecule has 11 nitrogen and oxygen atoms in total. The third kappa shape index (κ3) is 23.3. The average molecular weight is 817 g/mol. The summed E-state index contributed by atoms with van der Waals surface area (Å²) in [6, 6.07) is 8.98. The fraction of sp³-hybridized carbons (Fsp3) is 0.588. The highest BCUT2D eigenvalue weighted by Gasteiger charge is 2.30. The van der Waals surface area contributed by atoms with Gasteiger partial charge in [0.1, 0.15) is 11.5 Å². The number of hydrogen-bond acceptors (Lipinski definition) is 9. The second kappa shape index (κ2) is 25.6. The monoisotopic (exact) mass is 816 g/mol. The van der Waals surface area contributed by atoms with Gasteiger partial charge in [-0.15, -0.1) is 12.4 Å². The third-order valence-electron chi connectivity index (χ3n) is 7.64. The molecular weight excluding hydrogens is 768 g/mol. The molecule has 4 atom stereocenters. The van der Waals surface area contributed by atoms with E-state index in [1.807, 2.05) is 0 Å². The normalized spacial score (nSPS) is 14.6. The number of aliphatic hydroxyl groups is 2. The highest BCUT2D eigenvalue weighted by molar-refractivity contribution is 5.85. The Morgan fingerprint density at radius 3 is 1.50 bits per heavy atom. The molecule has 0 spiro atoms. The minimum absolute atomic E-state index is 0. The molecule has 0 aromatic heterocycles. The van der Waals surface area contributed by atoms with Gasteiger partial charge in [-0.25, -0.2) is 0 Å². The molecule has 0 aliphatic carbocycles. The Morgan fingerprint density at radius 2 is 1.11 bits per heavy atom. The fourth-order valence-corrected chi connectivity index (χ4v) is 3.78. The highest BCUT2D eigenvalue weighted by Crippen LogP contribution is 2.25. The summed E-state index contributed by atoms with van der Waals surface area (Å²) in [6.07, 6.45) is -0.451. The maximum absolute atomic E-state index is 12.4. The molecule has 0 radical (unpaired) electrons. The van der Waals surface area contributed by atoms with Crippen LogP contribution in [0.2, 0.25) is 0 Å². The first-order valence-corrected chi connectivity index (χ1v) is 16.0. The Kier molecular flexibility index (Phi) is 24.9. The van der Waals surface area contributed by atoms with E-state index in [2.05, 4.69) is 24.3 Å². The number of carbonyl (C=O) groups excluding carboxylic acids is 1. The summed E-state index contributed by atoms with van der Waals surface area (Å²) in [4.78, 5) is 22.3. The zero-order valence-electron chi connectivity index (χ0n) is 30.4. The number of benzene rings is 2. The van der Waals surface area contributed by atoms with Crippen molar-refractivity contribution in [2.75, 3.05) is 13.2 Å². The summed E-state index contributed by atoms with van der Waals surface area (Å²) in [7, 11) is 0. The van der Waals surface area contributed by atoms with Crippen LogP contribution >= 0.6 is 12.4 Å². The summed E-state index contributed by atoms with van der Waals surface area (Å²) >= 11 is 0. The zero-order chi connectivity index (χ0) is 41.1. The standard InChI is InChI=1S/C17H23F4NO4.C10H11F4NO2.C7H14O3.ClH/c1-10(2)17(3,24)8-14(23)22-13(9-25-15(18)19)11-5-4-6-12(7-11)26-16(20)21;11-9(12)16-5-8(15)6-2-1-3-7(4-6)17-10(13)14;1-5(2)7(3,10)4-6(8)9;/h4-7,10,13,15-16,24H,8-9H2,1-3H3,(H,22,23);1-4,8-10H,5,15H2;5,10H,4H2,1-3H3,(H,8,9);1H/t13-,17?;8-;;/m00../s1. The Bertz CT molecular complexity index is 1360. The number of carboxylic acid groups (broad SMARTS) is 1. The predicted octanol–water partition coefficient (Wildman–Crippen LogP) is 7.30. The van der Waals surface area contributed by atoms with E-state index in [0.717, 1.165) is 0 Å². The van der Waals surface area contributed by atoms with Gasteiger partial charge in [-0.05, 0) is 61.1 Å². The molecule has 2 unspecified atom stereocenters. The molecule has 312 valence electrons. The van der Waals surface area contributed by atoms with Crippen molar-refractivity contribution in [1.82, 2.24) is 5.32 Å². The van der Waals surface area contributed by atoms with Gasteiger partial charge in [-0.2, -0.15) is 35.1 Å². The van der Waals surface area contributed by atoms with Gasteiger partial charge in [0.05, 0.1) is 49.3 Å². The number of carbonyl (C=O) groups is 2. The molecule has 2 aromatic rings. The molecule has 20 heteroatoms. The van der Waals surface area contributed by atoms with Crippen LogP contribution in [0.1, 0.15) is 77.6 Å². The first-order chi connectivity index (χ1) is 24.4. The number of carboxylic acids is 1. The van der Waals surface area contributed by atoms with E-state index in [1.54, 1.807) is 27.7 Å². The Labute approximate surface area is 314 Å². The molecule has 0 aliphatic heterocycles. The van der Waals surface area contributed by atoms with E-state index in [1.165, 1.54) is 62.4 Å². The lowest BCUT2D eigenvalue weighted by Gasteiger charge is -2.28. The Morgan fingerprint density at radius 1 is 0.704 bits per heavy atom. The number of aliphatic carboxylic acids is 1. The van der Waals surface area contributed by atoms with Crippen LogP contribution in [0.5, 0.6) is 11.5 Å². The van der Waals surface area contributed by atoms with E-state index in [-0.39, 0.29) is 54.1 Å². The summed E-state index contributed by atoms with van der Waals surface area (Å²) in [5.41, 5.74) is 3.80. The smallest absolute Gasteiger partial charge is 0.387 e. The Balaban J connectivity index is 0. The second-order valence-corrected chi connectivity index (χ2v) is 12.6. The minimum Gasteiger partial charge on any atom is -0.481 e. The molecule has 2 rings (SSSR count). The van der Waals surface area contributed by atoms with Gasteiger partial charge in [0.25, 0.3) is 0 Å². The van der Waals surface area contributed by atoms with E-state index < -0.39 is 74.8 Å². The van der Waals surface area contributed by atoms with Crippen LogP contribution in [0.25, 0.3) is 0 Å². The molecule has 54 heavy (non-hydrogen) atoms. The molecular formula is C34H49ClF8N2O9. The van der Waals surface area contributed by atoms with Crippen molar-refractivity contribution >= 4 is 24.3 Å². The van der Waals surface area contributed by atoms with Crippen LogP contribution in [0, 0.1) is 11.8 Å². The van der Waals surface area contributed by atoms with E-state index in [4.69, 9.17) is 10.8 Å². The zero-order valence-corrected chi connectivity index (χ0v) is 31.2. The minimum atomic E-state index is -3.06. The predicted molar refractivity (Wildman–Crippen MR) is 183 cm³/mol. The maximum atomic E-state index is 12.4. The van der Waals surface area contributed by atoms with Crippen molar-refractivity contribution in [2.45, 2.75) is 104 Å². The average Bonchev–Trinajstić information content (AvgIpc) is 3.01. The number of nitrogens with one attached hydrogen (secondary N) is 1. The molecule has 6 N–H and O–H groups in total. The third-order valence-corrected chi connectivity index (χ3v) is 7.64. The van der Waals surface area contributed by atoms with Crippen LogP contribution in [0.3, 0.4) is 0 Å². The molecule has 0 bridgehead atoms. The van der Waals surface area contributed by atoms with Gasteiger partial charge in [0.2, 0.25) is 5.91 Å². The van der Waals surface area contributed by atoms with E-state index in [0.29, 0.717) is 5.56 Å². The van der Waals surface area contributed by atoms with Gasteiger partial charge in [0, 0.05) is 0 Å². The van der Waals surface area contributed by atoms with Crippen LogP contribution in [-0.4, -0.2) is 78.1 Å². The van der Waals surface area contributed by atoms with Crippen molar-refractivity contribution in [3.05, 3.63) is 59.7 Å². The molecule has 0 heterocycles. The van der Waals surface area contributed by atoms with Crippen molar-refractivity contribution in [1.29, 1.82) is 0 Å². The van der Waals surface area contributed by atoms with Crippen LogP contribution in [-0.2, 0) is 19.1 Å². The molecule has 2 aromatic carbocycles. The molecule has 0 aliphatic rings. The SMILES string of the molecule is CC(C)C(C)(O)CC(=O)N[C@@H](COC(F)F)c1cccc(OC(F)F)c1.CC(C)C(C)(O)CC(=O)O.Cl.N[C@@H](COC(F)F)c1cccc(OC(F)F)c1. The first-order valence-electron chi connectivity index (χ1n) is 16.0. The molecule has 0 saturated carbocycles. The van der Waals surface area contributed by atoms with Crippen LogP contribution in [0.4, 0.5) is 35.1 Å². The van der Waals surface area contributed by atoms with Crippen LogP contribution in [0.15, 0.2) is 48.5 Å². The van der Waals surface area contributed by atoms with Gasteiger partial charge in [0.15, 0.2) is 0 Å². The highest BCUT2D eigenvalue weighted by atomic mass is 35.5. The Hall–Kier alpha value is -3.49. The van der Waals surface area contributed by atoms with E-state index in [9.17, 15) is 54.9 Å². The van der Waals surface area contributed by atoms with Gasteiger partial charge < -0.3 is 45.3 Å². The lowest BCUT2D eigenvalue weighted by molar-refractivity contribution is -0.143. The quantitative estimate of drug-likeness (QED) is 0.0908. The molecule has 1 amide bonds. The van der Waals surface area contributed by atoms with Gasteiger partial charge in [-0.3, -0.25) is 9.59 Å². The van der Waals surface area contributed by atoms with Gasteiger partial charge in [-0.1, -0.05) is 52.0 Å². The lowest BCUT2D eigenvalue weighted by Crippen LogP contribution is -2.40. The maximum Gasteiger partial charge on any atom is 0.387 e. The van der Waals surface area contributed by atoms with E-state index >= 15 is 0 Å². The summed E-state index contributed by atoms with van der Waals surface area (Å²) < 4.78 is 114. The number of hydrogen-bond donors (Lipinski definition) is 5. The number of rotatable bonds is 19. The first kappa shape index (κ1) is 52.6. The van der Waals surface area contributed by atoms with Crippen molar-refractivity contribution in [3.8, 4) is 11.5 Å². The van der Waals surface area contributed by atoms with Crippen molar-refractivity contribution < 1.29 is 79.0 Å². The molecule has 0 saturated heterocycles. The van der Waals surface area contributed by atoms with Crippen molar-refractivity contribution in [2.24, 2.45) is 17.6 Å². The number of nitrogens with two attached hydrogens (primary N) is 1. The van der Waals surface area contributed by atoms with Gasteiger partial charge >= 0.3 is 32.4 Å². The number of ether oxygens (including phenoxy) is 4. The summed E-state index contributed by atoms with van der Waals surface area (Å²) in [5, 5.41) is 30.4. The largest absolute Gasteiger partial charge is 0.481 e. The number of halogens is 9. The number of amides is 1. The molecule has 0 fully saturated rings. The topological polar surface area (TPSA) is 170 Å². The summed E-state index contributed by atoms with van der Waals surface area (Å²) in [5.74, 6) is -2.05. The lowest BCUT2D eigenvalue weighted by atomic mass is 9.89. The van der Waals surface area contributed by atoms with Crippen LogP contribution < -0.4 is 20.5 Å².